The van der Waals surface area contributed by atoms with Crippen molar-refractivity contribution in [3.05, 3.63) is 28.8 Å². The summed E-state index contributed by atoms with van der Waals surface area (Å²) in [4.78, 5) is 22.3. The fraction of sp³-hybridized carbons (Fsp3) is 0.417. The molecule has 2 aromatic rings. The van der Waals surface area contributed by atoms with Crippen molar-refractivity contribution < 1.29 is 5.11 Å². The highest BCUT2D eigenvalue weighted by Gasteiger charge is 2.37. The van der Waals surface area contributed by atoms with Crippen molar-refractivity contribution in [1.82, 2.24) is 19.5 Å². The summed E-state index contributed by atoms with van der Waals surface area (Å²) in [5.41, 5.74) is 12.3. The molecule has 3 rings (SSSR count). The number of imidazole rings is 1. The maximum Gasteiger partial charge on any atom is 0.280 e. The van der Waals surface area contributed by atoms with Gasteiger partial charge in [-0.3, -0.25) is 9.78 Å². The van der Waals surface area contributed by atoms with Gasteiger partial charge in [-0.1, -0.05) is 6.58 Å². The first-order valence-corrected chi connectivity index (χ1v) is 6.32. The van der Waals surface area contributed by atoms with Gasteiger partial charge in [-0.05, 0) is 12.0 Å². The normalized spacial score (nSPS) is 26.5. The van der Waals surface area contributed by atoms with Crippen LogP contribution in [0.4, 0.5) is 5.95 Å². The number of aliphatic hydroxyl groups excluding tert-OH is 1. The first kappa shape index (κ1) is 12.8. The summed E-state index contributed by atoms with van der Waals surface area (Å²) in [5.74, 6) is -0.124. The van der Waals surface area contributed by atoms with Crippen molar-refractivity contribution >= 4 is 17.1 Å². The maximum absolute atomic E-state index is 11.8. The van der Waals surface area contributed by atoms with E-state index in [1.165, 1.54) is 6.33 Å². The van der Waals surface area contributed by atoms with Gasteiger partial charge in [0.2, 0.25) is 5.95 Å². The Morgan fingerprint density at radius 3 is 3.00 bits per heavy atom. The second kappa shape index (κ2) is 4.43. The highest BCUT2D eigenvalue weighted by molar-refractivity contribution is 5.70. The Balaban J connectivity index is 2.12. The van der Waals surface area contributed by atoms with Crippen LogP contribution in [-0.4, -0.2) is 37.3 Å². The zero-order valence-corrected chi connectivity index (χ0v) is 10.8. The van der Waals surface area contributed by atoms with Crippen LogP contribution in [0, 0.1) is 5.92 Å². The number of H-pyrrole nitrogens is 1. The van der Waals surface area contributed by atoms with Gasteiger partial charge in [0.15, 0.2) is 11.2 Å². The first-order chi connectivity index (χ1) is 9.52. The molecule has 8 heteroatoms. The molecule has 1 aliphatic carbocycles. The molecule has 0 saturated heterocycles. The minimum atomic E-state index is -0.547. The Labute approximate surface area is 114 Å². The molecule has 1 unspecified atom stereocenters. The third-order valence-corrected chi connectivity index (χ3v) is 3.87. The number of hydrogen-bond donors (Lipinski definition) is 4. The van der Waals surface area contributed by atoms with Crippen LogP contribution < -0.4 is 17.0 Å². The fourth-order valence-corrected chi connectivity index (χ4v) is 2.81. The van der Waals surface area contributed by atoms with Gasteiger partial charge in [0.25, 0.3) is 5.56 Å². The van der Waals surface area contributed by atoms with Gasteiger partial charge in [-0.2, -0.15) is 4.98 Å². The Morgan fingerprint density at radius 1 is 1.60 bits per heavy atom. The zero-order valence-electron chi connectivity index (χ0n) is 10.8. The van der Waals surface area contributed by atoms with Crippen LogP contribution in [0.5, 0.6) is 0 Å². The number of nitrogens with one attached hydrogen (secondary N) is 1. The van der Waals surface area contributed by atoms with E-state index in [1.54, 1.807) is 4.57 Å². The molecule has 8 nitrogen and oxygen atoms in total. The molecule has 0 radical (unpaired) electrons. The van der Waals surface area contributed by atoms with Gasteiger partial charge in [0, 0.05) is 12.5 Å². The summed E-state index contributed by atoms with van der Waals surface area (Å²) < 4.78 is 1.72. The van der Waals surface area contributed by atoms with Crippen LogP contribution in [-0.2, 0) is 0 Å². The minimum Gasteiger partial charge on any atom is -0.392 e. The quantitative estimate of drug-likeness (QED) is 0.527. The van der Waals surface area contributed by atoms with Crippen LogP contribution in [0.15, 0.2) is 23.3 Å². The lowest BCUT2D eigenvalue weighted by molar-refractivity contribution is 0.141. The Bertz CT molecular complexity index is 733. The second-order valence-electron chi connectivity index (χ2n) is 5.01. The van der Waals surface area contributed by atoms with E-state index in [-0.39, 0.29) is 29.0 Å². The average molecular weight is 276 g/mol. The topological polar surface area (TPSA) is 136 Å². The van der Waals surface area contributed by atoms with Gasteiger partial charge < -0.3 is 21.1 Å². The molecule has 0 bridgehead atoms. The summed E-state index contributed by atoms with van der Waals surface area (Å²) in [6, 6.07) is -0.183. The van der Waals surface area contributed by atoms with Crippen molar-refractivity contribution in [3.63, 3.8) is 0 Å². The molecule has 1 fully saturated rings. The number of nitrogen functional groups attached to an aromatic ring is 1. The number of aromatic nitrogens is 4. The molecule has 6 N–H and O–H groups in total. The molecule has 2 aromatic heterocycles. The number of fused-ring (bicyclic) bond motifs is 1. The van der Waals surface area contributed by atoms with Crippen molar-refractivity contribution in [3.8, 4) is 0 Å². The molecule has 0 aromatic carbocycles. The van der Waals surface area contributed by atoms with Crippen LogP contribution in [0.25, 0.3) is 11.2 Å². The maximum atomic E-state index is 11.8. The number of nitrogens with two attached hydrogens (primary N) is 2. The van der Waals surface area contributed by atoms with Crippen molar-refractivity contribution in [2.24, 2.45) is 11.7 Å². The molecule has 1 saturated carbocycles. The van der Waals surface area contributed by atoms with E-state index in [0.29, 0.717) is 18.6 Å². The van der Waals surface area contributed by atoms with E-state index >= 15 is 0 Å². The number of hydrogen-bond acceptors (Lipinski definition) is 6. The molecule has 3 atom stereocenters. The second-order valence-corrected chi connectivity index (χ2v) is 5.01. The van der Waals surface area contributed by atoms with Gasteiger partial charge in [0.05, 0.1) is 18.5 Å². The summed E-state index contributed by atoms with van der Waals surface area (Å²) in [6.45, 7) is 4.34. The Morgan fingerprint density at radius 2 is 2.35 bits per heavy atom. The van der Waals surface area contributed by atoms with Gasteiger partial charge in [-0.25, -0.2) is 4.98 Å². The Kier molecular flexibility index (Phi) is 2.84. The molecule has 1 aliphatic rings. The predicted octanol–water partition coefficient (Wildman–Crippen LogP) is -0.861. The van der Waals surface area contributed by atoms with E-state index in [0.717, 1.165) is 5.57 Å². The van der Waals surface area contributed by atoms with Crippen LogP contribution in [0.2, 0.25) is 0 Å². The van der Waals surface area contributed by atoms with E-state index in [9.17, 15) is 9.90 Å². The van der Waals surface area contributed by atoms with E-state index in [2.05, 4.69) is 21.5 Å². The third-order valence-electron chi connectivity index (χ3n) is 3.87. The Hall–Kier alpha value is -2.19. The highest BCUT2D eigenvalue weighted by Crippen LogP contribution is 2.39. The molecule has 2 heterocycles. The van der Waals surface area contributed by atoms with Crippen LogP contribution >= 0.6 is 0 Å². The lowest BCUT2D eigenvalue weighted by Gasteiger charge is -2.15. The standard InChI is InChI=1S/C12H16N6O2/c1-5-6(3-13)8(19)2-7(5)18-4-15-9-10(18)16-12(14)17-11(9)20/h4,6-8,19H,1-3,13H2,(H3,14,16,17,20)/t6-,7-,8?/m0/s1. The summed E-state index contributed by atoms with van der Waals surface area (Å²) in [5, 5.41) is 10.0. The number of aliphatic hydroxyl groups is 1. The van der Waals surface area contributed by atoms with Gasteiger partial charge >= 0.3 is 0 Å². The molecule has 106 valence electrons. The molecule has 0 aliphatic heterocycles. The molecular formula is C12H16N6O2. The number of anilines is 1. The largest absolute Gasteiger partial charge is 0.392 e. The summed E-state index contributed by atoms with van der Waals surface area (Å²) in [7, 11) is 0. The molecule has 0 amide bonds. The lowest BCUT2D eigenvalue weighted by Crippen LogP contribution is -2.23. The SMILES string of the molecule is C=C1[C@H](CN)C(O)C[C@@H]1n1cnc2c(=O)[nH]c(N)nc21. The average Bonchev–Trinajstić information content (AvgIpc) is 2.91. The molecular weight excluding hydrogens is 260 g/mol. The van der Waals surface area contributed by atoms with E-state index < -0.39 is 6.10 Å². The van der Waals surface area contributed by atoms with Crippen LogP contribution in [0.3, 0.4) is 0 Å². The van der Waals surface area contributed by atoms with E-state index in [1.807, 2.05) is 0 Å². The minimum absolute atomic E-state index is 0.0313. The zero-order chi connectivity index (χ0) is 14.4. The van der Waals surface area contributed by atoms with Crippen molar-refractivity contribution in [2.45, 2.75) is 18.6 Å². The summed E-state index contributed by atoms with van der Waals surface area (Å²) >= 11 is 0. The van der Waals surface area contributed by atoms with Gasteiger partial charge in [0.1, 0.15) is 0 Å². The highest BCUT2D eigenvalue weighted by atomic mass is 16.3. The number of nitrogens with zero attached hydrogens (tertiary/aromatic N) is 3. The van der Waals surface area contributed by atoms with Crippen molar-refractivity contribution in [1.29, 1.82) is 0 Å². The molecule has 20 heavy (non-hydrogen) atoms. The predicted molar refractivity (Wildman–Crippen MR) is 73.9 cm³/mol. The third kappa shape index (κ3) is 1.73. The number of aromatic amines is 1. The monoisotopic (exact) mass is 276 g/mol. The van der Waals surface area contributed by atoms with Gasteiger partial charge in [-0.15, -0.1) is 0 Å². The van der Waals surface area contributed by atoms with E-state index in [4.69, 9.17) is 11.5 Å². The number of rotatable bonds is 2. The lowest BCUT2D eigenvalue weighted by atomic mass is 10.0. The molecule has 0 spiro atoms. The van der Waals surface area contributed by atoms with Crippen molar-refractivity contribution in [2.75, 3.05) is 12.3 Å². The smallest absolute Gasteiger partial charge is 0.280 e. The van der Waals surface area contributed by atoms with Crippen LogP contribution in [0.1, 0.15) is 12.5 Å². The first-order valence-electron chi connectivity index (χ1n) is 6.32. The fourth-order valence-electron chi connectivity index (χ4n) is 2.81. The summed E-state index contributed by atoms with van der Waals surface area (Å²) in [6.07, 6.45) is 1.45.